The number of carboxylic acids is 1. The zero-order valence-corrected chi connectivity index (χ0v) is 12.9. The summed E-state index contributed by atoms with van der Waals surface area (Å²) in [6.45, 7) is 0. The molecule has 1 heterocycles. The highest BCUT2D eigenvalue weighted by atomic mass is 79.9. The van der Waals surface area contributed by atoms with Crippen molar-refractivity contribution < 1.29 is 23.4 Å². The van der Waals surface area contributed by atoms with E-state index < -0.39 is 21.7 Å². The van der Waals surface area contributed by atoms with Crippen LogP contribution in [-0.4, -0.2) is 39.6 Å². The van der Waals surface area contributed by atoms with Gasteiger partial charge >= 0.3 is 5.97 Å². The fraction of sp³-hybridized carbons (Fsp3) is 0.100. The predicted molar refractivity (Wildman–Crippen MR) is 74.6 cm³/mol. The summed E-state index contributed by atoms with van der Waals surface area (Å²) in [5.74, 6) is -1.75. The number of anilines is 1. The Morgan fingerprint density at radius 1 is 1.43 bits per heavy atom. The molecule has 0 fully saturated rings. The highest BCUT2D eigenvalue weighted by molar-refractivity contribution is 9.10. The number of aromatic hydroxyl groups is 1. The van der Waals surface area contributed by atoms with Gasteiger partial charge in [-0.2, -0.15) is 8.42 Å². The van der Waals surface area contributed by atoms with Crippen molar-refractivity contribution in [3.8, 4) is 5.75 Å². The molecule has 0 amide bonds. The van der Waals surface area contributed by atoms with Gasteiger partial charge in [-0.25, -0.2) is 9.48 Å². The fourth-order valence-electron chi connectivity index (χ4n) is 1.55. The molecule has 112 valence electrons. The van der Waals surface area contributed by atoms with E-state index in [9.17, 15) is 18.3 Å². The third-order valence-electron chi connectivity index (χ3n) is 2.48. The Hall–Kier alpha value is -2.14. The Labute approximate surface area is 127 Å². The van der Waals surface area contributed by atoms with Crippen molar-refractivity contribution in [1.82, 2.24) is 15.0 Å². The van der Waals surface area contributed by atoms with E-state index in [4.69, 9.17) is 5.11 Å². The van der Waals surface area contributed by atoms with Crippen molar-refractivity contribution in [2.75, 3.05) is 4.72 Å². The molecule has 0 aliphatic heterocycles. The molecule has 21 heavy (non-hydrogen) atoms. The van der Waals surface area contributed by atoms with E-state index in [1.54, 1.807) is 0 Å². The van der Waals surface area contributed by atoms with Crippen LogP contribution in [0.15, 0.2) is 27.8 Å². The lowest BCUT2D eigenvalue weighted by Gasteiger charge is -2.10. The number of hydrogen-bond acceptors (Lipinski definition) is 6. The molecule has 2 aromatic rings. The van der Waals surface area contributed by atoms with Gasteiger partial charge in [-0.05, 0) is 34.1 Å². The number of aromatic carboxylic acids is 1. The second-order valence-corrected chi connectivity index (χ2v) is 6.30. The van der Waals surface area contributed by atoms with Crippen LogP contribution in [0.3, 0.4) is 0 Å². The van der Waals surface area contributed by atoms with Gasteiger partial charge in [0.25, 0.3) is 10.0 Å². The maximum Gasteiger partial charge on any atom is 0.335 e. The van der Waals surface area contributed by atoms with Crippen molar-refractivity contribution in [1.29, 1.82) is 0 Å². The number of nitrogens with one attached hydrogen (secondary N) is 1. The van der Waals surface area contributed by atoms with Gasteiger partial charge in [-0.1, -0.05) is 5.21 Å². The molecule has 0 atom stereocenters. The normalized spacial score (nSPS) is 11.3. The van der Waals surface area contributed by atoms with Crippen LogP contribution in [-0.2, 0) is 17.1 Å². The average Bonchev–Trinajstić information content (AvgIpc) is 2.71. The second kappa shape index (κ2) is 5.33. The minimum atomic E-state index is -4.05. The van der Waals surface area contributed by atoms with Gasteiger partial charge < -0.3 is 10.2 Å². The Morgan fingerprint density at radius 2 is 2.10 bits per heavy atom. The average molecular weight is 377 g/mol. The first-order valence-corrected chi connectivity index (χ1v) is 7.64. The van der Waals surface area contributed by atoms with Crippen molar-refractivity contribution in [3.05, 3.63) is 28.4 Å². The van der Waals surface area contributed by atoms with Crippen LogP contribution >= 0.6 is 15.9 Å². The van der Waals surface area contributed by atoms with E-state index >= 15 is 0 Å². The first-order valence-electron chi connectivity index (χ1n) is 5.36. The number of sulfonamides is 1. The predicted octanol–water partition coefficient (Wildman–Crippen LogP) is 0.782. The zero-order valence-electron chi connectivity index (χ0n) is 10.5. The van der Waals surface area contributed by atoms with E-state index in [0.717, 1.165) is 22.9 Å². The van der Waals surface area contributed by atoms with Gasteiger partial charge in [-0.15, -0.1) is 5.10 Å². The van der Waals surface area contributed by atoms with Crippen LogP contribution in [0.5, 0.6) is 5.75 Å². The van der Waals surface area contributed by atoms with E-state index in [-0.39, 0.29) is 20.9 Å². The molecule has 0 spiro atoms. The molecule has 9 nitrogen and oxygen atoms in total. The highest BCUT2D eigenvalue weighted by Gasteiger charge is 2.25. The first-order chi connectivity index (χ1) is 9.72. The van der Waals surface area contributed by atoms with Crippen LogP contribution in [0.2, 0.25) is 0 Å². The molecule has 0 aliphatic rings. The minimum Gasteiger partial charge on any atom is -0.506 e. The van der Waals surface area contributed by atoms with Crippen LogP contribution in [0.4, 0.5) is 5.69 Å². The van der Waals surface area contributed by atoms with Gasteiger partial charge in [0.2, 0.25) is 5.03 Å². The molecule has 1 aromatic heterocycles. The van der Waals surface area contributed by atoms with Crippen LogP contribution in [0.1, 0.15) is 10.4 Å². The van der Waals surface area contributed by atoms with E-state index in [0.29, 0.717) is 0 Å². The van der Waals surface area contributed by atoms with Crippen molar-refractivity contribution in [2.45, 2.75) is 5.03 Å². The van der Waals surface area contributed by atoms with Gasteiger partial charge in [0.1, 0.15) is 5.75 Å². The number of rotatable bonds is 4. The van der Waals surface area contributed by atoms with E-state index in [1.807, 2.05) is 0 Å². The zero-order chi connectivity index (χ0) is 15.8. The number of halogens is 1. The lowest BCUT2D eigenvalue weighted by Crippen LogP contribution is -2.17. The third kappa shape index (κ3) is 2.97. The summed E-state index contributed by atoms with van der Waals surface area (Å²) in [6, 6.07) is 3.25. The minimum absolute atomic E-state index is 0.0131. The summed E-state index contributed by atoms with van der Waals surface area (Å²) in [6.07, 6.45) is 0. The molecule has 3 N–H and O–H groups in total. The Morgan fingerprint density at radius 3 is 2.57 bits per heavy atom. The number of phenols is 1. The van der Waals surface area contributed by atoms with Crippen molar-refractivity contribution in [3.63, 3.8) is 0 Å². The molecule has 0 aliphatic carbocycles. The molecule has 0 radical (unpaired) electrons. The molecule has 2 rings (SSSR count). The molecule has 11 heteroatoms. The largest absolute Gasteiger partial charge is 0.506 e. The summed E-state index contributed by atoms with van der Waals surface area (Å²) in [7, 11) is -2.66. The molecule has 1 aromatic carbocycles. The number of benzene rings is 1. The van der Waals surface area contributed by atoms with E-state index in [2.05, 4.69) is 31.0 Å². The van der Waals surface area contributed by atoms with Gasteiger partial charge in [-0.3, -0.25) is 4.72 Å². The Bertz CT molecular complexity index is 797. The monoisotopic (exact) mass is 376 g/mol. The summed E-state index contributed by atoms with van der Waals surface area (Å²) < 4.78 is 27.6. The quantitative estimate of drug-likeness (QED) is 0.671. The molecule has 0 bridgehead atoms. The molecular formula is C10H9BrN4O5S. The maximum absolute atomic E-state index is 12.2. The lowest BCUT2D eigenvalue weighted by molar-refractivity contribution is 0.0696. The number of aryl methyl sites for hydroxylation is 1. The third-order valence-corrected chi connectivity index (χ3v) is 4.73. The first kappa shape index (κ1) is 15.3. The van der Waals surface area contributed by atoms with Crippen molar-refractivity contribution >= 4 is 37.6 Å². The second-order valence-electron chi connectivity index (χ2n) is 3.95. The van der Waals surface area contributed by atoms with Gasteiger partial charge in [0, 0.05) is 7.05 Å². The topological polar surface area (TPSA) is 134 Å². The van der Waals surface area contributed by atoms with Gasteiger partial charge in [0.15, 0.2) is 4.60 Å². The van der Waals surface area contributed by atoms with Crippen LogP contribution < -0.4 is 4.72 Å². The summed E-state index contributed by atoms with van der Waals surface area (Å²) >= 11 is 2.96. The smallest absolute Gasteiger partial charge is 0.335 e. The molecule has 0 saturated heterocycles. The van der Waals surface area contributed by atoms with Crippen molar-refractivity contribution in [2.24, 2.45) is 7.05 Å². The highest BCUT2D eigenvalue weighted by Crippen LogP contribution is 2.28. The molecule has 0 saturated carbocycles. The fourth-order valence-corrected chi connectivity index (χ4v) is 3.72. The summed E-state index contributed by atoms with van der Waals surface area (Å²) in [5.41, 5.74) is -0.327. The van der Waals surface area contributed by atoms with Crippen LogP contribution in [0.25, 0.3) is 0 Å². The summed E-state index contributed by atoms with van der Waals surface area (Å²) in [4.78, 5) is 10.7. The standard InChI is InChI=1S/C10H9BrN4O5S/c1-15-9(8(11)12-14-15)21(19,20)13-6-3-2-5(10(17)18)4-7(6)16/h2-4,13,16H,1H3,(H,17,18). The van der Waals surface area contributed by atoms with Crippen LogP contribution in [0, 0.1) is 0 Å². The van der Waals surface area contributed by atoms with E-state index in [1.165, 1.54) is 7.05 Å². The number of phenolic OH excluding ortho intramolecular Hbond substituents is 1. The maximum atomic E-state index is 12.2. The number of aromatic nitrogens is 3. The summed E-state index contributed by atoms with van der Waals surface area (Å²) in [5, 5.41) is 25.3. The molecule has 0 unspecified atom stereocenters. The Kier molecular flexibility index (Phi) is 3.87. The number of hydrogen-bond donors (Lipinski definition) is 3. The number of carboxylic acid groups (broad SMARTS) is 1. The Balaban J connectivity index is 2.40. The number of carbonyl (C=O) groups is 1. The lowest BCUT2D eigenvalue weighted by atomic mass is 10.2. The molecular weight excluding hydrogens is 368 g/mol. The van der Waals surface area contributed by atoms with Gasteiger partial charge in [0.05, 0.1) is 11.3 Å². The SMILES string of the molecule is Cn1nnc(Br)c1S(=O)(=O)Nc1ccc(C(=O)O)cc1O. The number of nitrogens with zero attached hydrogens (tertiary/aromatic N) is 3.